The van der Waals surface area contributed by atoms with Crippen molar-refractivity contribution in [2.75, 3.05) is 6.54 Å². The highest BCUT2D eigenvalue weighted by Gasteiger charge is 2.26. The van der Waals surface area contributed by atoms with E-state index in [0.717, 1.165) is 24.8 Å². The highest BCUT2D eigenvalue weighted by atomic mass is 16.3. The van der Waals surface area contributed by atoms with Crippen LogP contribution in [0, 0.1) is 0 Å². The lowest BCUT2D eigenvalue weighted by atomic mass is 10.2. The standard InChI is InChI=1S/C14H18N2O/c15-7-1-2-12-8-10-9-13(17)5-6-14(10)16(12)11-3-4-11/h5-6,8-9,11,17H,1-4,7,15H2. The van der Waals surface area contributed by atoms with Gasteiger partial charge in [0.25, 0.3) is 0 Å². The molecule has 17 heavy (non-hydrogen) atoms. The van der Waals surface area contributed by atoms with E-state index in [0.29, 0.717) is 11.8 Å². The number of nitrogens with zero attached hydrogens (tertiary/aromatic N) is 1. The molecule has 90 valence electrons. The maximum absolute atomic E-state index is 9.53. The zero-order valence-electron chi connectivity index (χ0n) is 9.89. The predicted molar refractivity (Wildman–Crippen MR) is 69.2 cm³/mol. The summed E-state index contributed by atoms with van der Waals surface area (Å²) in [5.74, 6) is 0.343. The minimum absolute atomic E-state index is 0.343. The van der Waals surface area contributed by atoms with Gasteiger partial charge in [0.1, 0.15) is 5.75 Å². The van der Waals surface area contributed by atoms with Crippen molar-refractivity contribution in [3.8, 4) is 5.75 Å². The number of aromatic nitrogens is 1. The monoisotopic (exact) mass is 230 g/mol. The number of rotatable bonds is 4. The van der Waals surface area contributed by atoms with Crippen molar-refractivity contribution >= 4 is 10.9 Å². The molecular formula is C14H18N2O. The van der Waals surface area contributed by atoms with Crippen molar-refractivity contribution in [1.29, 1.82) is 0 Å². The van der Waals surface area contributed by atoms with Crippen LogP contribution in [0.25, 0.3) is 10.9 Å². The summed E-state index contributed by atoms with van der Waals surface area (Å²) >= 11 is 0. The molecule has 1 aromatic carbocycles. The van der Waals surface area contributed by atoms with Crippen molar-refractivity contribution in [3.05, 3.63) is 30.0 Å². The van der Waals surface area contributed by atoms with Gasteiger partial charge in [-0.1, -0.05) is 0 Å². The van der Waals surface area contributed by atoms with Crippen molar-refractivity contribution in [2.24, 2.45) is 5.73 Å². The number of nitrogens with two attached hydrogens (primary N) is 1. The van der Waals surface area contributed by atoms with Crippen molar-refractivity contribution < 1.29 is 5.11 Å². The van der Waals surface area contributed by atoms with Gasteiger partial charge in [-0.2, -0.15) is 0 Å². The van der Waals surface area contributed by atoms with Crippen LogP contribution < -0.4 is 5.73 Å². The summed E-state index contributed by atoms with van der Waals surface area (Å²) in [6.45, 7) is 0.734. The molecule has 0 atom stereocenters. The molecule has 1 fully saturated rings. The van der Waals surface area contributed by atoms with E-state index in [4.69, 9.17) is 5.73 Å². The summed E-state index contributed by atoms with van der Waals surface area (Å²) in [4.78, 5) is 0. The Hall–Kier alpha value is -1.48. The molecule has 0 radical (unpaired) electrons. The SMILES string of the molecule is NCCCc1cc2cc(O)ccc2n1C1CC1. The minimum Gasteiger partial charge on any atom is -0.508 e. The Morgan fingerprint density at radius 3 is 2.82 bits per heavy atom. The van der Waals surface area contributed by atoms with Crippen LogP contribution in [0.3, 0.4) is 0 Å². The fraction of sp³-hybridized carbons (Fsp3) is 0.429. The molecule has 3 N–H and O–H groups in total. The molecule has 1 aliphatic carbocycles. The molecule has 1 aromatic heterocycles. The number of fused-ring (bicyclic) bond motifs is 1. The average molecular weight is 230 g/mol. The molecular weight excluding hydrogens is 212 g/mol. The summed E-state index contributed by atoms with van der Waals surface area (Å²) in [5, 5.41) is 10.7. The first-order valence-electron chi connectivity index (χ1n) is 6.32. The quantitative estimate of drug-likeness (QED) is 0.848. The molecule has 0 aliphatic heterocycles. The first kappa shape index (κ1) is 10.7. The number of phenolic OH excluding ortho intramolecular Hbond substituents is 1. The number of benzene rings is 1. The average Bonchev–Trinajstić information content (AvgIpc) is 3.08. The van der Waals surface area contributed by atoms with Gasteiger partial charge < -0.3 is 15.4 Å². The lowest BCUT2D eigenvalue weighted by Gasteiger charge is -2.08. The van der Waals surface area contributed by atoms with E-state index in [9.17, 15) is 5.11 Å². The number of phenols is 1. The van der Waals surface area contributed by atoms with Gasteiger partial charge in [-0.25, -0.2) is 0 Å². The summed E-state index contributed by atoms with van der Waals surface area (Å²) in [6.07, 6.45) is 4.61. The maximum atomic E-state index is 9.53. The molecule has 1 saturated carbocycles. The van der Waals surface area contributed by atoms with Crippen LogP contribution in [0.1, 0.15) is 31.0 Å². The molecule has 0 amide bonds. The Morgan fingerprint density at radius 1 is 1.29 bits per heavy atom. The summed E-state index contributed by atoms with van der Waals surface area (Å²) in [6, 6.07) is 8.51. The highest BCUT2D eigenvalue weighted by Crippen LogP contribution is 2.40. The second kappa shape index (κ2) is 4.08. The topological polar surface area (TPSA) is 51.2 Å². The fourth-order valence-electron chi connectivity index (χ4n) is 2.52. The van der Waals surface area contributed by atoms with Crippen LogP contribution in [0.4, 0.5) is 0 Å². The van der Waals surface area contributed by atoms with Crippen LogP contribution in [0.2, 0.25) is 0 Å². The number of aromatic hydroxyl groups is 1. The molecule has 3 rings (SSSR count). The van der Waals surface area contributed by atoms with Gasteiger partial charge in [-0.15, -0.1) is 0 Å². The third kappa shape index (κ3) is 1.91. The van der Waals surface area contributed by atoms with Crippen LogP contribution in [0.5, 0.6) is 5.75 Å². The number of hydrogen-bond acceptors (Lipinski definition) is 2. The van der Waals surface area contributed by atoms with E-state index in [-0.39, 0.29) is 0 Å². The Kier molecular flexibility index (Phi) is 2.56. The van der Waals surface area contributed by atoms with Gasteiger partial charge in [0, 0.05) is 22.6 Å². The fourth-order valence-corrected chi connectivity index (χ4v) is 2.52. The van der Waals surface area contributed by atoms with E-state index in [1.165, 1.54) is 24.1 Å². The predicted octanol–water partition coefficient (Wildman–Crippen LogP) is 2.57. The second-order valence-electron chi connectivity index (χ2n) is 4.87. The lowest BCUT2D eigenvalue weighted by molar-refractivity contribution is 0.476. The van der Waals surface area contributed by atoms with E-state index in [2.05, 4.69) is 10.6 Å². The second-order valence-corrected chi connectivity index (χ2v) is 4.87. The van der Waals surface area contributed by atoms with E-state index >= 15 is 0 Å². The molecule has 3 nitrogen and oxygen atoms in total. The van der Waals surface area contributed by atoms with Crippen LogP contribution in [-0.4, -0.2) is 16.2 Å². The lowest BCUT2D eigenvalue weighted by Crippen LogP contribution is -2.05. The van der Waals surface area contributed by atoms with Crippen LogP contribution >= 0.6 is 0 Å². The first-order valence-corrected chi connectivity index (χ1v) is 6.32. The van der Waals surface area contributed by atoms with Gasteiger partial charge in [0.2, 0.25) is 0 Å². The summed E-state index contributed by atoms with van der Waals surface area (Å²) in [5.41, 5.74) is 8.19. The first-order chi connectivity index (χ1) is 8.29. The molecule has 1 aliphatic rings. The number of hydrogen-bond donors (Lipinski definition) is 2. The Bertz CT molecular complexity index is 540. The smallest absolute Gasteiger partial charge is 0.116 e. The normalized spacial score (nSPS) is 15.6. The molecule has 3 heteroatoms. The van der Waals surface area contributed by atoms with Crippen molar-refractivity contribution in [3.63, 3.8) is 0 Å². The van der Waals surface area contributed by atoms with Crippen LogP contribution in [-0.2, 0) is 6.42 Å². The van der Waals surface area contributed by atoms with Gasteiger partial charge in [-0.3, -0.25) is 0 Å². The molecule has 0 bridgehead atoms. The molecule has 0 spiro atoms. The third-order valence-corrected chi connectivity index (χ3v) is 3.45. The molecule has 0 saturated heterocycles. The molecule has 1 heterocycles. The minimum atomic E-state index is 0.343. The van der Waals surface area contributed by atoms with Crippen molar-refractivity contribution in [1.82, 2.24) is 4.57 Å². The largest absolute Gasteiger partial charge is 0.508 e. The number of aryl methyl sites for hydroxylation is 1. The zero-order chi connectivity index (χ0) is 11.8. The highest BCUT2D eigenvalue weighted by molar-refractivity contribution is 5.83. The van der Waals surface area contributed by atoms with E-state index in [1.54, 1.807) is 6.07 Å². The van der Waals surface area contributed by atoms with Crippen molar-refractivity contribution in [2.45, 2.75) is 31.7 Å². The van der Waals surface area contributed by atoms with E-state index in [1.807, 2.05) is 12.1 Å². The zero-order valence-corrected chi connectivity index (χ0v) is 9.89. The Labute approximate surface area is 101 Å². The third-order valence-electron chi connectivity index (χ3n) is 3.45. The van der Waals surface area contributed by atoms with Gasteiger partial charge in [-0.05, 0) is 56.5 Å². The van der Waals surface area contributed by atoms with Gasteiger partial charge in [0.15, 0.2) is 0 Å². The molecule has 2 aromatic rings. The summed E-state index contributed by atoms with van der Waals surface area (Å²) in [7, 11) is 0. The van der Waals surface area contributed by atoms with Gasteiger partial charge in [0.05, 0.1) is 0 Å². The Morgan fingerprint density at radius 2 is 2.12 bits per heavy atom. The van der Waals surface area contributed by atoms with Crippen LogP contribution in [0.15, 0.2) is 24.3 Å². The maximum Gasteiger partial charge on any atom is 0.116 e. The van der Waals surface area contributed by atoms with E-state index < -0.39 is 0 Å². The summed E-state index contributed by atoms with van der Waals surface area (Å²) < 4.78 is 2.43. The molecule has 0 unspecified atom stereocenters. The van der Waals surface area contributed by atoms with Gasteiger partial charge >= 0.3 is 0 Å². The Balaban J connectivity index is 2.09.